The first-order chi connectivity index (χ1) is 15.3. The van der Waals surface area contributed by atoms with Crippen LogP contribution in [0.2, 0.25) is 0 Å². The van der Waals surface area contributed by atoms with E-state index in [0.29, 0.717) is 0 Å². The van der Waals surface area contributed by atoms with Gasteiger partial charge in [-0.25, -0.2) is 0 Å². The summed E-state index contributed by atoms with van der Waals surface area (Å²) in [5, 5.41) is 0. The molecule has 0 saturated heterocycles. The number of hydrogen-bond donors (Lipinski definition) is 0. The van der Waals surface area contributed by atoms with Crippen molar-refractivity contribution >= 4 is 33.0 Å². The van der Waals surface area contributed by atoms with E-state index >= 15 is 0 Å². The van der Waals surface area contributed by atoms with Crippen molar-refractivity contribution < 1.29 is 0 Å². The van der Waals surface area contributed by atoms with Crippen molar-refractivity contribution in [3.8, 4) is 0 Å². The van der Waals surface area contributed by atoms with Gasteiger partial charge in [0.2, 0.25) is 0 Å². The highest BCUT2D eigenvalue weighted by molar-refractivity contribution is 9.10. The lowest BCUT2D eigenvalue weighted by Crippen LogP contribution is -2.36. The fourth-order valence-electron chi connectivity index (χ4n) is 5.20. The summed E-state index contributed by atoms with van der Waals surface area (Å²) >= 11 is 3.70. The monoisotopic (exact) mass is 481 g/mol. The number of nitrogens with zero attached hydrogens (tertiary/aromatic N) is 1. The summed E-state index contributed by atoms with van der Waals surface area (Å²) < 4.78 is 1.14. The Hall–Kier alpha value is -2.84. The second-order valence-electron chi connectivity index (χ2n) is 9.68. The molecule has 4 aromatic carbocycles. The van der Waals surface area contributed by atoms with Crippen LogP contribution >= 0.6 is 15.9 Å². The van der Waals surface area contributed by atoms with E-state index in [-0.39, 0.29) is 10.8 Å². The molecule has 0 saturated carbocycles. The molecule has 1 nitrogen and oxygen atoms in total. The zero-order valence-electron chi connectivity index (χ0n) is 19.1. The molecule has 32 heavy (non-hydrogen) atoms. The van der Waals surface area contributed by atoms with Crippen LogP contribution in [0.15, 0.2) is 102 Å². The van der Waals surface area contributed by atoms with Crippen LogP contribution in [-0.2, 0) is 10.8 Å². The predicted octanol–water partition coefficient (Wildman–Crippen LogP) is 8.88. The van der Waals surface area contributed by atoms with E-state index in [4.69, 9.17) is 0 Å². The van der Waals surface area contributed by atoms with Crippen LogP contribution in [0.4, 0.5) is 17.1 Å². The van der Waals surface area contributed by atoms with Crippen molar-refractivity contribution in [2.24, 2.45) is 0 Å². The van der Waals surface area contributed by atoms with Crippen LogP contribution in [0, 0.1) is 0 Å². The number of para-hydroxylation sites is 2. The third-order valence-corrected chi connectivity index (χ3v) is 7.46. The maximum atomic E-state index is 3.70. The van der Waals surface area contributed by atoms with Gasteiger partial charge in [-0.2, -0.15) is 0 Å². The summed E-state index contributed by atoms with van der Waals surface area (Å²) in [6.07, 6.45) is 0. The highest BCUT2D eigenvalue weighted by Crippen LogP contribution is 2.51. The Morgan fingerprint density at radius 2 is 0.969 bits per heavy atom. The van der Waals surface area contributed by atoms with Gasteiger partial charge in [-0.1, -0.05) is 92.2 Å². The molecule has 1 aliphatic rings. The first kappa shape index (κ1) is 21.0. The topological polar surface area (TPSA) is 3.24 Å². The van der Waals surface area contributed by atoms with Gasteiger partial charge in [0.15, 0.2) is 0 Å². The lowest BCUT2D eigenvalue weighted by molar-refractivity contribution is 0.520. The lowest BCUT2D eigenvalue weighted by atomic mass is 9.60. The number of rotatable bonds is 3. The number of anilines is 3. The normalized spacial score (nSPS) is 15.5. The van der Waals surface area contributed by atoms with E-state index in [9.17, 15) is 0 Å². The van der Waals surface area contributed by atoms with E-state index in [1.807, 2.05) is 0 Å². The molecule has 4 aromatic rings. The molecular formula is C30H28BrN. The summed E-state index contributed by atoms with van der Waals surface area (Å²) in [6.45, 7) is 9.40. The lowest BCUT2D eigenvalue weighted by Gasteiger charge is -2.44. The van der Waals surface area contributed by atoms with E-state index in [1.54, 1.807) is 0 Å². The molecule has 0 unspecified atom stereocenters. The molecule has 160 valence electrons. The second-order valence-corrected chi connectivity index (χ2v) is 10.6. The molecule has 2 heteroatoms. The van der Waals surface area contributed by atoms with Crippen molar-refractivity contribution in [1.29, 1.82) is 0 Å². The molecule has 0 spiro atoms. The zero-order chi connectivity index (χ0) is 22.5. The molecule has 0 fully saturated rings. The van der Waals surface area contributed by atoms with Crippen molar-refractivity contribution in [3.05, 3.63) is 124 Å². The first-order valence-corrected chi connectivity index (χ1v) is 12.0. The average molecular weight is 482 g/mol. The molecule has 1 aliphatic carbocycles. The molecule has 0 atom stereocenters. The third kappa shape index (κ3) is 3.29. The molecule has 0 N–H and O–H groups in total. The Bertz CT molecular complexity index is 1230. The largest absolute Gasteiger partial charge is 0.310 e. The Balaban J connectivity index is 1.73. The van der Waals surface area contributed by atoms with Crippen LogP contribution in [0.1, 0.15) is 49.9 Å². The highest BCUT2D eigenvalue weighted by Gasteiger charge is 2.41. The molecule has 0 aliphatic heterocycles. The zero-order valence-corrected chi connectivity index (χ0v) is 20.6. The van der Waals surface area contributed by atoms with Crippen molar-refractivity contribution in [3.63, 3.8) is 0 Å². The predicted molar refractivity (Wildman–Crippen MR) is 140 cm³/mol. The van der Waals surface area contributed by atoms with E-state index in [1.165, 1.54) is 27.9 Å². The highest BCUT2D eigenvalue weighted by atomic mass is 79.9. The van der Waals surface area contributed by atoms with Crippen LogP contribution in [0.25, 0.3) is 0 Å². The number of benzene rings is 4. The minimum absolute atomic E-state index is 0.0627. The molecule has 5 rings (SSSR count). The van der Waals surface area contributed by atoms with Gasteiger partial charge < -0.3 is 4.90 Å². The minimum Gasteiger partial charge on any atom is -0.310 e. The molecule has 0 radical (unpaired) electrons. The maximum absolute atomic E-state index is 3.70. The summed E-state index contributed by atoms with van der Waals surface area (Å²) in [5.74, 6) is 0. The van der Waals surface area contributed by atoms with Crippen molar-refractivity contribution in [2.75, 3.05) is 4.90 Å². The third-order valence-electron chi connectivity index (χ3n) is 6.97. The standard InChI is InChI=1S/C30H28BrN/c1-29(2)26-18-16-24(20-28(26)30(3,4)25-17-15-21(31)19-27(25)29)32(22-11-7-5-8-12-22)23-13-9-6-10-14-23/h5-20H,1-4H3. The van der Waals surface area contributed by atoms with Gasteiger partial charge in [-0.3, -0.25) is 0 Å². The quantitative estimate of drug-likeness (QED) is 0.282. The van der Waals surface area contributed by atoms with Crippen molar-refractivity contribution in [2.45, 2.75) is 38.5 Å². The number of hydrogen-bond acceptors (Lipinski definition) is 1. The SMILES string of the molecule is CC1(C)c2ccc(N(c3ccccc3)c3ccccc3)cc2C(C)(C)c2ccc(Br)cc21. The van der Waals surface area contributed by atoms with Crippen LogP contribution in [0.3, 0.4) is 0 Å². The summed E-state index contributed by atoms with van der Waals surface area (Å²) in [7, 11) is 0. The number of halogens is 1. The van der Waals surface area contributed by atoms with Gasteiger partial charge in [-0.05, 0) is 70.8 Å². The average Bonchev–Trinajstić information content (AvgIpc) is 2.80. The van der Waals surface area contributed by atoms with E-state index < -0.39 is 0 Å². The summed E-state index contributed by atoms with van der Waals surface area (Å²) in [5.41, 5.74) is 8.96. The van der Waals surface area contributed by atoms with Gasteiger partial charge in [-0.15, -0.1) is 0 Å². The smallest absolute Gasteiger partial charge is 0.0464 e. The maximum Gasteiger partial charge on any atom is 0.0464 e. The van der Waals surface area contributed by atoms with Crippen LogP contribution in [0.5, 0.6) is 0 Å². The Kier molecular flexibility index (Phi) is 5.02. The summed E-state index contributed by atoms with van der Waals surface area (Å²) in [4.78, 5) is 2.35. The molecular weight excluding hydrogens is 454 g/mol. The Labute approximate surface area is 199 Å². The second kappa shape index (κ2) is 7.64. The van der Waals surface area contributed by atoms with Gasteiger partial charge in [0.25, 0.3) is 0 Å². The molecule has 0 bridgehead atoms. The molecule has 0 amide bonds. The molecule has 0 heterocycles. The first-order valence-electron chi connectivity index (χ1n) is 11.2. The van der Waals surface area contributed by atoms with Gasteiger partial charge in [0, 0.05) is 32.4 Å². The van der Waals surface area contributed by atoms with E-state index in [0.717, 1.165) is 15.8 Å². The fourth-order valence-corrected chi connectivity index (χ4v) is 5.56. The van der Waals surface area contributed by atoms with Gasteiger partial charge in [0.05, 0.1) is 0 Å². The van der Waals surface area contributed by atoms with Crippen LogP contribution < -0.4 is 4.90 Å². The Morgan fingerprint density at radius 3 is 1.50 bits per heavy atom. The summed E-state index contributed by atoms with van der Waals surface area (Å²) in [6, 6.07) is 35.0. The van der Waals surface area contributed by atoms with Crippen molar-refractivity contribution in [1.82, 2.24) is 0 Å². The van der Waals surface area contributed by atoms with Crippen LogP contribution in [-0.4, -0.2) is 0 Å². The minimum atomic E-state index is -0.0874. The number of fused-ring (bicyclic) bond motifs is 2. The fraction of sp³-hybridized carbons (Fsp3) is 0.200. The molecule has 0 aromatic heterocycles. The Morgan fingerprint density at radius 1 is 0.500 bits per heavy atom. The van der Waals surface area contributed by atoms with Gasteiger partial charge >= 0.3 is 0 Å². The van der Waals surface area contributed by atoms with E-state index in [2.05, 4.69) is 146 Å². The van der Waals surface area contributed by atoms with Gasteiger partial charge in [0.1, 0.15) is 0 Å².